The van der Waals surface area contributed by atoms with Gasteiger partial charge in [-0.05, 0) is 29.8 Å². The van der Waals surface area contributed by atoms with E-state index in [0.717, 1.165) is 5.56 Å². The van der Waals surface area contributed by atoms with E-state index in [2.05, 4.69) is 0 Å². The second-order valence-electron chi connectivity index (χ2n) is 7.26. The van der Waals surface area contributed by atoms with E-state index in [-0.39, 0.29) is 29.5 Å². The summed E-state index contributed by atoms with van der Waals surface area (Å²) in [6, 6.07) is 12.1. The maximum Gasteiger partial charge on any atom is 0.354 e. The van der Waals surface area contributed by atoms with Crippen molar-refractivity contribution in [3.05, 3.63) is 59.3 Å². The zero-order valence-corrected chi connectivity index (χ0v) is 16.8. The summed E-state index contributed by atoms with van der Waals surface area (Å²) in [7, 11) is 3.23. The van der Waals surface area contributed by atoms with Gasteiger partial charge in [0, 0.05) is 44.1 Å². The first-order valence-electron chi connectivity index (χ1n) is 9.32. The first-order valence-corrected chi connectivity index (χ1v) is 9.32. The van der Waals surface area contributed by atoms with E-state index >= 15 is 0 Å². The highest BCUT2D eigenvalue weighted by Gasteiger charge is 2.35. The van der Waals surface area contributed by atoms with Gasteiger partial charge in [0.2, 0.25) is 5.91 Å². The van der Waals surface area contributed by atoms with Crippen LogP contribution in [0.5, 0.6) is 0 Å². The van der Waals surface area contributed by atoms with Crippen LogP contribution >= 0.6 is 0 Å². The largest absolute Gasteiger partial charge is 0.477 e. The van der Waals surface area contributed by atoms with E-state index in [1.807, 2.05) is 0 Å². The van der Waals surface area contributed by atoms with Crippen LogP contribution in [0.15, 0.2) is 42.5 Å². The number of anilines is 2. The van der Waals surface area contributed by atoms with Crippen molar-refractivity contribution >= 4 is 45.9 Å². The van der Waals surface area contributed by atoms with Crippen LogP contribution in [0.3, 0.4) is 0 Å². The van der Waals surface area contributed by atoms with E-state index in [9.17, 15) is 19.5 Å². The lowest BCUT2D eigenvalue weighted by atomic mass is 9.97. The summed E-state index contributed by atoms with van der Waals surface area (Å²) in [5.41, 5.74) is 2.38. The van der Waals surface area contributed by atoms with Gasteiger partial charge in [-0.3, -0.25) is 19.9 Å². The Morgan fingerprint density at radius 2 is 1.87 bits per heavy atom. The third kappa shape index (κ3) is 2.76. The standard InChI is InChI=1S/C22H20N4O4/c1-12(27)24(2)14-8-9-17-16(11-14)19(20(22(29)30)25(17)3)26-18(23)10-13-6-4-5-7-15(13)21(26)28/h4-9,11,23H,10H2,1-3H3,(H,29,30). The van der Waals surface area contributed by atoms with Gasteiger partial charge in [-0.1, -0.05) is 18.2 Å². The number of carboxylic acid groups (broad SMARTS) is 1. The van der Waals surface area contributed by atoms with E-state index in [0.29, 0.717) is 22.2 Å². The van der Waals surface area contributed by atoms with E-state index < -0.39 is 11.9 Å². The Morgan fingerprint density at radius 1 is 1.17 bits per heavy atom. The number of nitrogens with one attached hydrogen (secondary N) is 1. The average molecular weight is 404 g/mol. The maximum atomic E-state index is 13.3. The number of carboxylic acids is 1. The molecule has 0 saturated carbocycles. The fourth-order valence-electron chi connectivity index (χ4n) is 3.90. The van der Waals surface area contributed by atoms with E-state index in [4.69, 9.17) is 5.41 Å². The summed E-state index contributed by atoms with van der Waals surface area (Å²) in [6.07, 6.45) is 0.213. The quantitative estimate of drug-likeness (QED) is 0.700. The number of aryl methyl sites for hydroxylation is 1. The smallest absolute Gasteiger partial charge is 0.354 e. The third-order valence-electron chi connectivity index (χ3n) is 5.52. The Morgan fingerprint density at radius 3 is 2.53 bits per heavy atom. The molecule has 1 aliphatic rings. The molecule has 2 N–H and O–H groups in total. The lowest BCUT2D eigenvalue weighted by Gasteiger charge is -2.29. The van der Waals surface area contributed by atoms with Crippen molar-refractivity contribution in [2.45, 2.75) is 13.3 Å². The predicted molar refractivity (Wildman–Crippen MR) is 114 cm³/mol. The monoisotopic (exact) mass is 404 g/mol. The number of amidine groups is 1. The van der Waals surface area contributed by atoms with Crippen LogP contribution in [-0.2, 0) is 18.3 Å². The fourth-order valence-corrected chi connectivity index (χ4v) is 3.90. The lowest BCUT2D eigenvalue weighted by Crippen LogP contribution is -2.42. The molecule has 0 unspecified atom stereocenters. The van der Waals surface area contributed by atoms with Gasteiger partial charge < -0.3 is 14.6 Å². The van der Waals surface area contributed by atoms with Crippen LogP contribution < -0.4 is 9.80 Å². The van der Waals surface area contributed by atoms with Crippen LogP contribution in [0, 0.1) is 5.41 Å². The minimum Gasteiger partial charge on any atom is -0.477 e. The zero-order valence-electron chi connectivity index (χ0n) is 16.8. The number of aromatic nitrogens is 1. The molecule has 1 aliphatic heterocycles. The number of carbonyl (C=O) groups excluding carboxylic acids is 2. The van der Waals surface area contributed by atoms with Gasteiger partial charge in [0.05, 0.1) is 11.2 Å². The maximum absolute atomic E-state index is 13.3. The Hall–Kier alpha value is -3.94. The number of nitrogens with zero attached hydrogens (tertiary/aromatic N) is 3. The number of rotatable bonds is 3. The molecule has 0 aliphatic carbocycles. The van der Waals surface area contributed by atoms with Crippen LogP contribution in [0.2, 0.25) is 0 Å². The van der Waals surface area contributed by atoms with Gasteiger partial charge >= 0.3 is 5.97 Å². The molecular weight excluding hydrogens is 384 g/mol. The Bertz CT molecular complexity index is 1260. The van der Waals surface area contributed by atoms with Crippen molar-refractivity contribution < 1.29 is 19.5 Å². The Kier molecular flexibility index (Phi) is 4.42. The summed E-state index contributed by atoms with van der Waals surface area (Å²) in [5, 5.41) is 18.9. The van der Waals surface area contributed by atoms with Crippen LogP contribution in [-0.4, -0.2) is 40.3 Å². The molecule has 2 heterocycles. The third-order valence-corrected chi connectivity index (χ3v) is 5.52. The Balaban J connectivity index is 2.01. The first-order chi connectivity index (χ1) is 14.2. The fraction of sp³-hybridized carbons (Fsp3) is 0.182. The Labute approximate surface area is 172 Å². The average Bonchev–Trinajstić information content (AvgIpc) is 2.99. The normalized spacial score (nSPS) is 13.5. The molecule has 30 heavy (non-hydrogen) atoms. The molecule has 8 heteroatoms. The number of aromatic carboxylic acids is 1. The van der Waals surface area contributed by atoms with Crippen LogP contribution in [0.25, 0.3) is 10.9 Å². The molecular formula is C22H20N4O4. The van der Waals surface area contributed by atoms with Gasteiger partial charge in [-0.15, -0.1) is 0 Å². The highest BCUT2D eigenvalue weighted by Crippen LogP contribution is 2.38. The number of fused-ring (bicyclic) bond motifs is 2. The molecule has 1 aromatic heterocycles. The van der Waals surface area contributed by atoms with Crippen molar-refractivity contribution in [2.75, 3.05) is 16.8 Å². The molecule has 3 aromatic rings. The van der Waals surface area contributed by atoms with Gasteiger partial charge in [-0.2, -0.15) is 0 Å². The van der Waals surface area contributed by atoms with Gasteiger partial charge in [0.15, 0.2) is 5.69 Å². The van der Waals surface area contributed by atoms with Crippen molar-refractivity contribution in [1.29, 1.82) is 5.41 Å². The second-order valence-corrected chi connectivity index (χ2v) is 7.26. The molecule has 0 spiro atoms. The van der Waals surface area contributed by atoms with Gasteiger partial charge in [0.1, 0.15) is 5.84 Å². The second kappa shape index (κ2) is 6.84. The molecule has 152 valence electrons. The topological polar surface area (TPSA) is 107 Å². The van der Waals surface area contributed by atoms with E-state index in [1.54, 1.807) is 56.6 Å². The molecule has 2 amide bonds. The number of benzene rings is 2. The summed E-state index contributed by atoms with van der Waals surface area (Å²) < 4.78 is 1.49. The number of hydrogen-bond acceptors (Lipinski definition) is 4. The minimum atomic E-state index is -1.20. The number of amides is 2. The minimum absolute atomic E-state index is 0.000902. The first kappa shape index (κ1) is 19.4. The summed E-state index contributed by atoms with van der Waals surface area (Å²) in [4.78, 5) is 39.9. The van der Waals surface area contributed by atoms with Crippen LogP contribution in [0.1, 0.15) is 33.3 Å². The van der Waals surface area contributed by atoms with Crippen molar-refractivity contribution in [3.63, 3.8) is 0 Å². The highest BCUT2D eigenvalue weighted by atomic mass is 16.4. The summed E-state index contributed by atoms with van der Waals surface area (Å²) in [6.45, 7) is 1.43. The predicted octanol–water partition coefficient (Wildman–Crippen LogP) is 3.04. The van der Waals surface area contributed by atoms with Crippen molar-refractivity contribution in [3.8, 4) is 0 Å². The zero-order chi connectivity index (χ0) is 21.7. The summed E-state index contributed by atoms with van der Waals surface area (Å²) in [5.74, 6) is -1.83. The van der Waals surface area contributed by atoms with Gasteiger partial charge in [0.25, 0.3) is 5.91 Å². The van der Waals surface area contributed by atoms with Crippen molar-refractivity contribution in [2.24, 2.45) is 7.05 Å². The number of carbonyl (C=O) groups is 3. The van der Waals surface area contributed by atoms with Crippen LogP contribution in [0.4, 0.5) is 11.4 Å². The SMILES string of the molecule is CC(=O)N(C)c1ccc2c(c1)c(N1C(=N)Cc3ccccc3C1=O)c(C(=O)O)n2C. The lowest BCUT2D eigenvalue weighted by molar-refractivity contribution is -0.116. The molecule has 0 radical (unpaired) electrons. The van der Waals surface area contributed by atoms with E-state index in [1.165, 1.54) is 21.3 Å². The molecule has 0 bridgehead atoms. The molecule has 8 nitrogen and oxygen atoms in total. The van der Waals surface area contributed by atoms with Crippen molar-refractivity contribution in [1.82, 2.24) is 4.57 Å². The highest BCUT2D eigenvalue weighted by molar-refractivity contribution is 6.30. The van der Waals surface area contributed by atoms with Gasteiger partial charge in [-0.25, -0.2) is 4.79 Å². The molecule has 2 aromatic carbocycles. The summed E-state index contributed by atoms with van der Waals surface area (Å²) >= 11 is 0. The molecule has 0 fully saturated rings. The molecule has 0 saturated heterocycles. The number of hydrogen-bond donors (Lipinski definition) is 2. The molecule has 0 atom stereocenters. The molecule has 4 rings (SSSR count).